The summed E-state index contributed by atoms with van der Waals surface area (Å²) >= 11 is 6.16. The van der Waals surface area contributed by atoms with Crippen molar-refractivity contribution in [3.63, 3.8) is 0 Å². The Hall–Kier alpha value is -1.55. The summed E-state index contributed by atoms with van der Waals surface area (Å²) in [5.41, 5.74) is 0.851. The van der Waals surface area contributed by atoms with Gasteiger partial charge in [0.15, 0.2) is 0 Å². The van der Waals surface area contributed by atoms with E-state index in [1.807, 2.05) is 39.8 Å². The molecule has 0 amide bonds. The van der Waals surface area contributed by atoms with Crippen LogP contribution in [-0.2, 0) is 0 Å². The van der Waals surface area contributed by atoms with Crippen molar-refractivity contribution in [3.05, 3.63) is 40.7 Å². The molecule has 1 unspecified atom stereocenters. The van der Waals surface area contributed by atoms with E-state index < -0.39 is 0 Å². The Kier molecular flexibility index (Phi) is 4.10. The second kappa shape index (κ2) is 5.61. The van der Waals surface area contributed by atoms with Crippen LogP contribution < -0.4 is 5.32 Å². The second-order valence-corrected chi connectivity index (χ2v) is 5.24. The zero-order chi connectivity index (χ0) is 14.0. The van der Waals surface area contributed by atoms with Crippen molar-refractivity contribution in [1.29, 1.82) is 0 Å². The summed E-state index contributed by atoms with van der Waals surface area (Å²) in [7, 11) is 0. The molecule has 0 saturated carbocycles. The molecule has 0 spiro atoms. The predicted molar refractivity (Wildman–Crippen MR) is 76.6 cm³/mol. The predicted octanol–water partition coefficient (Wildman–Crippen LogP) is 4.33. The van der Waals surface area contributed by atoms with Gasteiger partial charge >= 0.3 is 0 Å². The van der Waals surface area contributed by atoms with Gasteiger partial charge in [-0.3, -0.25) is 0 Å². The average molecular weight is 280 g/mol. The highest BCUT2D eigenvalue weighted by Gasteiger charge is 2.15. The molecule has 0 aromatic carbocycles. The van der Waals surface area contributed by atoms with E-state index in [0.717, 1.165) is 23.0 Å². The third kappa shape index (κ3) is 3.07. The van der Waals surface area contributed by atoms with Crippen LogP contribution in [0, 0.1) is 6.92 Å². The van der Waals surface area contributed by atoms with Crippen molar-refractivity contribution in [3.8, 4) is 0 Å². The van der Waals surface area contributed by atoms with Gasteiger partial charge in [0, 0.05) is 11.5 Å². The van der Waals surface area contributed by atoms with Crippen LogP contribution in [-0.4, -0.2) is 9.97 Å². The van der Waals surface area contributed by atoms with E-state index in [4.69, 9.17) is 16.0 Å². The minimum Gasteiger partial charge on any atom is -0.467 e. The Morgan fingerprint density at radius 1 is 1.26 bits per heavy atom. The van der Waals surface area contributed by atoms with Gasteiger partial charge in [-0.05, 0) is 26.0 Å². The summed E-state index contributed by atoms with van der Waals surface area (Å²) in [5.74, 6) is 2.59. The number of aromatic nitrogens is 2. The molecule has 0 saturated heterocycles. The standard InChI is InChI=1S/C14H18ClN3O/c1-8(2)13-17-12(15)9(3)14(18-13)16-10(4)11-6-5-7-19-11/h5-8,10H,1-4H3,(H,16,17,18). The number of rotatable bonds is 4. The number of anilines is 1. The van der Waals surface area contributed by atoms with Crippen LogP contribution in [0.3, 0.4) is 0 Å². The van der Waals surface area contributed by atoms with Crippen molar-refractivity contribution in [1.82, 2.24) is 9.97 Å². The van der Waals surface area contributed by atoms with E-state index in [1.54, 1.807) is 6.26 Å². The zero-order valence-electron chi connectivity index (χ0n) is 11.6. The summed E-state index contributed by atoms with van der Waals surface area (Å²) in [6.45, 7) is 8.01. The molecule has 102 valence electrons. The first-order valence-electron chi connectivity index (χ1n) is 6.33. The maximum Gasteiger partial charge on any atom is 0.137 e. The molecule has 0 aliphatic carbocycles. The minimum atomic E-state index is 0.0275. The molecule has 2 rings (SSSR count). The van der Waals surface area contributed by atoms with Gasteiger partial charge < -0.3 is 9.73 Å². The lowest BCUT2D eigenvalue weighted by atomic mass is 10.2. The molecule has 0 aliphatic heterocycles. The lowest BCUT2D eigenvalue weighted by Crippen LogP contribution is -2.11. The number of hydrogen-bond donors (Lipinski definition) is 1. The maximum atomic E-state index is 6.16. The molecule has 4 nitrogen and oxygen atoms in total. The molecule has 0 bridgehead atoms. The molecule has 2 aromatic rings. The number of furan rings is 1. The highest BCUT2D eigenvalue weighted by atomic mass is 35.5. The molecule has 5 heteroatoms. The number of halogens is 1. The van der Waals surface area contributed by atoms with Crippen LogP contribution in [0.25, 0.3) is 0 Å². The van der Waals surface area contributed by atoms with Crippen LogP contribution >= 0.6 is 11.6 Å². The second-order valence-electron chi connectivity index (χ2n) is 4.88. The lowest BCUT2D eigenvalue weighted by Gasteiger charge is -2.16. The first-order valence-corrected chi connectivity index (χ1v) is 6.70. The monoisotopic (exact) mass is 279 g/mol. The highest BCUT2D eigenvalue weighted by molar-refractivity contribution is 6.30. The Balaban J connectivity index is 2.29. The third-order valence-electron chi connectivity index (χ3n) is 2.94. The van der Waals surface area contributed by atoms with Gasteiger partial charge in [-0.25, -0.2) is 9.97 Å². The van der Waals surface area contributed by atoms with Crippen molar-refractivity contribution >= 4 is 17.4 Å². The van der Waals surface area contributed by atoms with Crippen molar-refractivity contribution in [2.24, 2.45) is 0 Å². The van der Waals surface area contributed by atoms with Crippen molar-refractivity contribution in [2.45, 2.75) is 39.7 Å². The highest BCUT2D eigenvalue weighted by Crippen LogP contribution is 2.26. The average Bonchev–Trinajstić information content (AvgIpc) is 2.88. The van der Waals surface area contributed by atoms with Gasteiger partial charge in [-0.2, -0.15) is 0 Å². The molecule has 1 atom stereocenters. The fourth-order valence-corrected chi connectivity index (χ4v) is 1.89. The van der Waals surface area contributed by atoms with E-state index in [9.17, 15) is 0 Å². The van der Waals surface area contributed by atoms with Crippen LogP contribution in [0.2, 0.25) is 5.15 Å². The van der Waals surface area contributed by atoms with Gasteiger partial charge in [0.25, 0.3) is 0 Å². The van der Waals surface area contributed by atoms with E-state index >= 15 is 0 Å². The molecular weight excluding hydrogens is 262 g/mol. The van der Waals surface area contributed by atoms with E-state index in [-0.39, 0.29) is 12.0 Å². The van der Waals surface area contributed by atoms with Gasteiger partial charge in [-0.15, -0.1) is 0 Å². The Morgan fingerprint density at radius 3 is 2.58 bits per heavy atom. The fourth-order valence-electron chi connectivity index (χ4n) is 1.72. The van der Waals surface area contributed by atoms with Crippen LogP contribution in [0.1, 0.15) is 49.9 Å². The fraction of sp³-hybridized carbons (Fsp3) is 0.429. The minimum absolute atomic E-state index is 0.0275. The summed E-state index contributed by atoms with van der Waals surface area (Å²) in [6.07, 6.45) is 1.66. The Morgan fingerprint density at radius 2 is 2.00 bits per heavy atom. The summed E-state index contributed by atoms with van der Waals surface area (Å²) in [6, 6.07) is 3.83. The molecule has 0 radical (unpaired) electrons. The quantitative estimate of drug-likeness (QED) is 0.847. The first-order chi connectivity index (χ1) is 8.99. The summed E-state index contributed by atoms with van der Waals surface area (Å²) < 4.78 is 5.38. The Labute approximate surface area is 118 Å². The Bertz CT molecular complexity index is 552. The van der Waals surface area contributed by atoms with Gasteiger partial charge in [-0.1, -0.05) is 25.4 Å². The molecule has 2 heterocycles. The van der Waals surface area contributed by atoms with Crippen molar-refractivity contribution in [2.75, 3.05) is 5.32 Å². The number of nitrogens with one attached hydrogen (secondary N) is 1. The van der Waals surface area contributed by atoms with Crippen LogP contribution in [0.5, 0.6) is 0 Å². The summed E-state index contributed by atoms with van der Waals surface area (Å²) in [4.78, 5) is 8.83. The van der Waals surface area contributed by atoms with E-state index in [1.165, 1.54) is 0 Å². The van der Waals surface area contributed by atoms with Crippen molar-refractivity contribution < 1.29 is 4.42 Å². The lowest BCUT2D eigenvalue weighted by molar-refractivity contribution is 0.490. The maximum absolute atomic E-state index is 6.16. The van der Waals surface area contributed by atoms with Crippen LogP contribution in [0.15, 0.2) is 22.8 Å². The smallest absolute Gasteiger partial charge is 0.137 e. The SMILES string of the molecule is Cc1c(Cl)nc(C(C)C)nc1NC(C)c1ccco1. The third-order valence-corrected chi connectivity index (χ3v) is 3.31. The molecular formula is C14H18ClN3O. The largest absolute Gasteiger partial charge is 0.467 e. The van der Waals surface area contributed by atoms with Gasteiger partial charge in [0.2, 0.25) is 0 Å². The van der Waals surface area contributed by atoms with E-state index in [2.05, 4.69) is 15.3 Å². The normalized spacial score (nSPS) is 12.7. The number of hydrogen-bond acceptors (Lipinski definition) is 4. The van der Waals surface area contributed by atoms with Gasteiger partial charge in [0.1, 0.15) is 22.6 Å². The zero-order valence-corrected chi connectivity index (χ0v) is 12.3. The molecule has 0 fully saturated rings. The van der Waals surface area contributed by atoms with Gasteiger partial charge in [0.05, 0.1) is 12.3 Å². The van der Waals surface area contributed by atoms with Crippen LogP contribution in [0.4, 0.5) is 5.82 Å². The molecule has 2 aromatic heterocycles. The summed E-state index contributed by atoms with van der Waals surface area (Å²) in [5, 5.41) is 3.81. The topological polar surface area (TPSA) is 51.0 Å². The molecule has 0 aliphatic rings. The molecule has 19 heavy (non-hydrogen) atoms. The molecule has 1 N–H and O–H groups in total. The number of nitrogens with zero attached hydrogens (tertiary/aromatic N) is 2. The first kappa shape index (κ1) is 13.9. The van der Waals surface area contributed by atoms with E-state index in [0.29, 0.717) is 5.15 Å².